The fourth-order valence-electron chi connectivity index (χ4n) is 3.91. The van der Waals surface area contributed by atoms with Gasteiger partial charge in [0.15, 0.2) is 5.82 Å². The number of aromatic nitrogens is 3. The van der Waals surface area contributed by atoms with Crippen molar-refractivity contribution in [1.29, 1.82) is 0 Å². The van der Waals surface area contributed by atoms with Crippen LogP contribution in [-0.4, -0.2) is 14.8 Å². The molecule has 1 aromatic carbocycles. The van der Waals surface area contributed by atoms with Crippen molar-refractivity contribution in [3.05, 3.63) is 58.0 Å². The highest BCUT2D eigenvalue weighted by atomic mass is 32.1. The van der Waals surface area contributed by atoms with Crippen LogP contribution >= 0.6 is 11.3 Å². The minimum atomic E-state index is 0.0524. The van der Waals surface area contributed by atoms with Crippen LogP contribution in [0.2, 0.25) is 0 Å². The van der Waals surface area contributed by atoms with Crippen molar-refractivity contribution in [2.75, 3.05) is 0 Å². The molecule has 23 heavy (non-hydrogen) atoms. The molecule has 2 aromatic heterocycles. The number of aryl methyl sites for hydroxylation is 1. The number of benzene rings is 1. The molecule has 0 atom stereocenters. The summed E-state index contributed by atoms with van der Waals surface area (Å²) in [6.45, 7) is 2.13. The Bertz CT molecular complexity index is 811. The molecule has 4 heteroatoms. The number of nitrogens with zero attached hydrogens (tertiary/aromatic N) is 3. The van der Waals surface area contributed by atoms with Crippen LogP contribution in [0.25, 0.3) is 11.4 Å². The van der Waals surface area contributed by atoms with E-state index in [4.69, 9.17) is 0 Å². The van der Waals surface area contributed by atoms with Gasteiger partial charge in [-0.2, -0.15) is 0 Å². The van der Waals surface area contributed by atoms with E-state index in [1.54, 1.807) is 0 Å². The van der Waals surface area contributed by atoms with E-state index in [9.17, 15) is 0 Å². The van der Waals surface area contributed by atoms with Gasteiger partial charge >= 0.3 is 0 Å². The Kier molecular flexibility index (Phi) is 3.57. The zero-order valence-corrected chi connectivity index (χ0v) is 14.4. The van der Waals surface area contributed by atoms with Crippen LogP contribution in [0, 0.1) is 6.92 Å². The minimum Gasteiger partial charge on any atom is -0.313 e. The molecular formula is C19H21N3S. The second kappa shape index (κ2) is 5.60. The lowest BCUT2D eigenvalue weighted by Gasteiger charge is -2.26. The number of hydrogen-bond acceptors (Lipinski definition) is 3. The first-order valence-corrected chi connectivity index (χ1v) is 9.10. The summed E-state index contributed by atoms with van der Waals surface area (Å²) in [5.41, 5.74) is 2.47. The minimum absolute atomic E-state index is 0.0524. The summed E-state index contributed by atoms with van der Waals surface area (Å²) < 4.78 is 2.22. The van der Waals surface area contributed by atoms with Crippen molar-refractivity contribution in [3.8, 4) is 11.4 Å². The van der Waals surface area contributed by atoms with Gasteiger partial charge in [-0.05, 0) is 36.8 Å². The lowest BCUT2D eigenvalue weighted by atomic mass is 9.83. The van der Waals surface area contributed by atoms with Gasteiger partial charge in [0.05, 0.1) is 5.41 Å². The quantitative estimate of drug-likeness (QED) is 0.699. The average molecular weight is 323 g/mol. The van der Waals surface area contributed by atoms with E-state index < -0.39 is 0 Å². The Morgan fingerprint density at radius 2 is 1.83 bits per heavy atom. The normalized spacial score (nSPS) is 16.8. The first kappa shape index (κ1) is 14.6. The van der Waals surface area contributed by atoms with Crippen molar-refractivity contribution in [2.24, 2.45) is 7.05 Å². The molecule has 0 bridgehead atoms. The number of hydrogen-bond donors (Lipinski definition) is 0. The first-order chi connectivity index (χ1) is 11.2. The maximum atomic E-state index is 4.66. The van der Waals surface area contributed by atoms with Gasteiger partial charge in [-0.25, -0.2) is 0 Å². The van der Waals surface area contributed by atoms with Gasteiger partial charge in [0, 0.05) is 17.5 Å². The van der Waals surface area contributed by atoms with Gasteiger partial charge in [-0.1, -0.05) is 43.2 Å². The van der Waals surface area contributed by atoms with Crippen LogP contribution in [0.1, 0.15) is 41.9 Å². The summed E-state index contributed by atoms with van der Waals surface area (Å²) in [5, 5.41) is 11.4. The second-order valence-electron chi connectivity index (χ2n) is 6.49. The third kappa shape index (κ3) is 2.24. The predicted octanol–water partition coefficient (Wildman–Crippen LogP) is 4.71. The molecule has 1 saturated carbocycles. The molecule has 3 aromatic rings. The van der Waals surface area contributed by atoms with Gasteiger partial charge in [0.2, 0.25) is 0 Å². The van der Waals surface area contributed by atoms with Crippen LogP contribution < -0.4 is 0 Å². The standard InChI is InChI=1S/C19H21N3S/c1-14-8-3-4-9-15(14)17-20-21-18(22(17)2)19(11-5-6-12-19)16-10-7-13-23-16/h3-4,7-10,13H,5-6,11-12H2,1-2H3. The summed E-state index contributed by atoms with van der Waals surface area (Å²) in [5.74, 6) is 2.09. The van der Waals surface area contributed by atoms with Gasteiger partial charge in [-0.15, -0.1) is 21.5 Å². The van der Waals surface area contributed by atoms with Crippen LogP contribution in [0.3, 0.4) is 0 Å². The highest BCUT2D eigenvalue weighted by molar-refractivity contribution is 7.10. The third-order valence-corrected chi connectivity index (χ3v) is 6.21. The zero-order chi connectivity index (χ0) is 15.9. The molecule has 0 aliphatic heterocycles. The number of thiophene rings is 1. The molecule has 118 valence electrons. The zero-order valence-electron chi connectivity index (χ0n) is 13.6. The molecule has 1 aliphatic carbocycles. The molecule has 1 fully saturated rings. The molecule has 0 radical (unpaired) electrons. The van der Waals surface area contributed by atoms with Crippen LogP contribution in [-0.2, 0) is 12.5 Å². The van der Waals surface area contributed by atoms with Gasteiger partial charge in [0.25, 0.3) is 0 Å². The van der Waals surface area contributed by atoms with E-state index in [1.165, 1.54) is 41.7 Å². The highest BCUT2D eigenvalue weighted by Gasteiger charge is 2.42. The fourth-order valence-corrected chi connectivity index (χ4v) is 4.90. The highest BCUT2D eigenvalue weighted by Crippen LogP contribution is 2.47. The van der Waals surface area contributed by atoms with Crippen molar-refractivity contribution < 1.29 is 0 Å². The smallest absolute Gasteiger partial charge is 0.163 e. The molecule has 0 spiro atoms. The molecule has 0 amide bonds. The fraction of sp³-hybridized carbons (Fsp3) is 0.368. The lowest BCUT2D eigenvalue weighted by Crippen LogP contribution is -2.26. The first-order valence-electron chi connectivity index (χ1n) is 8.22. The Labute approximate surface area is 141 Å². The van der Waals surface area contributed by atoms with Crippen LogP contribution in [0.15, 0.2) is 41.8 Å². The average Bonchev–Trinajstić information content (AvgIpc) is 3.28. The molecule has 4 rings (SSSR count). The Hall–Kier alpha value is -1.94. The summed E-state index contributed by atoms with van der Waals surface area (Å²) in [4.78, 5) is 1.43. The molecule has 0 saturated heterocycles. The Morgan fingerprint density at radius 3 is 2.52 bits per heavy atom. The summed E-state index contributed by atoms with van der Waals surface area (Å²) in [6, 6.07) is 12.8. The van der Waals surface area contributed by atoms with Crippen LogP contribution in [0.5, 0.6) is 0 Å². The van der Waals surface area contributed by atoms with E-state index >= 15 is 0 Å². The lowest BCUT2D eigenvalue weighted by molar-refractivity contribution is 0.489. The topological polar surface area (TPSA) is 30.7 Å². The summed E-state index contributed by atoms with van der Waals surface area (Å²) in [6.07, 6.45) is 4.88. The molecule has 0 N–H and O–H groups in total. The van der Waals surface area contributed by atoms with Gasteiger partial charge < -0.3 is 4.57 Å². The second-order valence-corrected chi connectivity index (χ2v) is 7.44. The van der Waals surface area contributed by atoms with Crippen molar-refractivity contribution in [1.82, 2.24) is 14.8 Å². The maximum absolute atomic E-state index is 4.66. The monoisotopic (exact) mass is 323 g/mol. The molecule has 0 unspecified atom stereocenters. The van der Waals surface area contributed by atoms with E-state index in [0.717, 1.165) is 11.6 Å². The van der Waals surface area contributed by atoms with Gasteiger partial charge in [-0.3, -0.25) is 0 Å². The molecule has 3 nitrogen and oxygen atoms in total. The largest absolute Gasteiger partial charge is 0.313 e. The van der Waals surface area contributed by atoms with Gasteiger partial charge in [0.1, 0.15) is 5.82 Å². The van der Waals surface area contributed by atoms with E-state index in [2.05, 4.69) is 70.5 Å². The van der Waals surface area contributed by atoms with E-state index in [1.807, 2.05) is 11.3 Å². The Balaban J connectivity index is 1.86. The van der Waals surface area contributed by atoms with Crippen molar-refractivity contribution in [3.63, 3.8) is 0 Å². The molecule has 2 heterocycles. The molecule has 1 aliphatic rings. The van der Waals surface area contributed by atoms with Crippen molar-refractivity contribution in [2.45, 2.75) is 38.0 Å². The summed E-state index contributed by atoms with van der Waals surface area (Å²) in [7, 11) is 2.12. The third-order valence-electron chi connectivity index (χ3n) is 5.14. The van der Waals surface area contributed by atoms with E-state index in [0.29, 0.717) is 0 Å². The van der Waals surface area contributed by atoms with Crippen LogP contribution in [0.4, 0.5) is 0 Å². The summed E-state index contributed by atoms with van der Waals surface area (Å²) >= 11 is 1.85. The Morgan fingerprint density at radius 1 is 1.04 bits per heavy atom. The SMILES string of the molecule is Cc1ccccc1-c1nnc(C2(c3cccs3)CCCC2)n1C. The van der Waals surface area contributed by atoms with Crippen molar-refractivity contribution >= 4 is 11.3 Å². The maximum Gasteiger partial charge on any atom is 0.163 e. The predicted molar refractivity (Wildman–Crippen MR) is 94.7 cm³/mol. The molecular weight excluding hydrogens is 302 g/mol. The van der Waals surface area contributed by atoms with E-state index in [-0.39, 0.29) is 5.41 Å². The number of rotatable bonds is 3.